The molecule has 0 aromatic heterocycles. The summed E-state index contributed by atoms with van der Waals surface area (Å²) in [5.74, 6) is -0.337. The largest absolute Gasteiger partial charge is 0.339 e. The number of hydrogen-bond donors (Lipinski definition) is 2. The van der Waals surface area contributed by atoms with Crippen molar-refractivity contribution in [3.63, 3.8) is 0 Å². The highest BCUT2D eigenvalue weighted by Crippen LogP contribution is 2.30. The third-order valence-corrected chi connectivity index (χ3v) is 6.71. The van der Waals surface area contributed by atoms with Gasteiger partial charge < -0.3 is 5.32 Å². The number of nitrogens with one attached hydrogen (secondary N) is 2. The quantitative estimate of drug-likeness (QED) is 0.605. The summed E-state index contributed by atoms with van der Waals surface area (Å²) < 4.78 is 27.3. The summed E-state index contributed by atoms with van der Waals surface area (Å²) in [7, 11) is -3.66. The molecule has 0 radical (unpaired) electrons. The highest BCUT2D eigenvalue weighted by molar-refractivity contribution is 7.89. The zero-order valence-corrected chi connectivity index (χ0v) is 18.2. The van der Waals surface area contributed by atoms with Crippen LogP contribution in [0.5, 0.6) is 0 Å². The number of hydrogen-bond acceptors (Lipinski definition) is 3. The summed E-state index contributed by atoms with van der Waals surface area (Å²) in [6.45, 7) is 5.73. The van der Waals surface area contributed by atoms with Gasteiger partial charge in [-0.3, -0.25) is 4.79 Å². The highest BCUT2D eigenvalue weighted by Gasteiger charge is 2.31. The van der Waals surface area contributed by atoms with E-state index < -0.39 is 15.6 Å². The van der Waals surface area contributed by atoms with Crippen LogP contribution in [0.2, 0.25) is 0 Å². The average Bonchev–Trinajstić information content (AvgIpc) is 2.75. The van der Waals surface area contributed by atoms with Gasteiger partial charge in [0.15, 0.2) is 0 Å². The molecule has 6 heteroatoms. The molecule has 2 N–H and O–H groups in total. The van der Waals surface area contributed by atoms with Gasteiger partial charge in [-0.15, -0.1) is 0 Å². The maximum Gasteiger partial charge on any atom is 0.252 e. The predicted octanol–water partition coefficient (Wildman–Crippen LogP) is 3.99. The van der Waals surface area contributed by atoms with E-state index in [9.17, 15) is 13.2 Å². The summed E-state index contributed by atoms with van der Waals surface area (Å²) in [4.78, 5) is 13.4. The highest BCUT2D eigenvalue weighted by atomic mass is 32.2. The SMILES string of the molecule is CCNS(=O)(=O)c1ccc(C)c(C(=O)NC(C)(c2ccccc2)c2ccccc2)c1. The zero-order chi connectivity index (χ0) is 21.8. The summed E-state index contributed by atoms with van der Waals surface area (Å²) in [5, 5.41) is 3.14. The van der Waals surface area contributed by atoms with Gasteiger partial charge in [0.2, 0.25) is 10.0 Å². The smallest absolute Gasteiger partial charge is 0.252 e. The number of amides is 1. The van der Waals surface area contributed by atoms with Gasteiger partial charge in [0, 0.05) is 12.1 Å². The van der Waals surface area contributed by atoms with Crippen molar-refractivity contribution in [3.05, 3.63) is 101 Å². The lowest BCUT2D eigenvalue weighted by Gasteiger charge is -2.32. The van der Waals surface area contributed by atoms with Crippen LogP contribution in [0.15, 0.2) is 83.8 Å². The monoisotopic (exact) mass is 422 g/mol. The van der Waals surface area contributed by atoms with E-state index in [1.807, 2.05) is 67.6 Å². The molecule has 0 atom stereocenters. The van der Waals surface area contributed by atoms with Crippen molar-refractivity contribution in [1.82, 2.24) is 10.0 Å². The Bertz CT molecular complexity index is 1090. The Morgan fingerprint density at radius 3 is 1.93 bits per heavy atom. The molecular formula is C24H26N2O3S. The van der Waals surface area contributed by atoms with E-state index in [2.05, 4.69) is 10.0 Å². The Labute approximate surface area is 178 Å². The number of benzene rings is 3. The first-order chi connectivity index (χ1) is 14.3. The number of carbonyl (C=O) groups excluding carboxylic acids is 1. The molecule has 0 saturated heterocycles. The van der Waals surface area contributed by atoms with Gasteiger partial charge in [-0.25, -0.2) is 13.1 Å². The molecule has 0 aliphatic heterocycles. The standard InChI is InChI=1S/C24H26N2O3S/c1-4-25-30(28,29)21-16-15-18(2)22(17-21)23(27)26-24(3,19-11-7-5-8-12-19)20-13-9-6-10-14-20/h5-17,25H,4H2,1-3H3,(H,26,27). The number of aryl methyl sites for hydroxylation is 1. The minimum Gasteiger partial charge on any atom is -0.339 e. The van der Waals surface area contributed by atoms with Crippen molar-refractivity contribution in [2.24, 2.45) is 0 Å². The molecule has 0 fully saturated rings. The van der Waals surface area contributed by atoms with Crippen molar-refractivity contribution in [1.29, 1.82) is 0 Å². The van der Waals surface area contributed by atoms with Gasteiger partial charge >= 0.3 is 0 Å². The van der Waals surface area contributed by atoms with Crippen molar-refractivity contribution in [2.45, 2.75) is 31.2 Å². The van der Waals surface area contributed by atoms with E-state index in [-0.39, 0.29) is 17.3 Å². The maximum atomic E-state index is 13.3. The van der Waals surface area contributed by atoms with Crippen LogP contribution >= 0.6 is 0 Å². The maximum absolute atomic E-state index is 13.3. The van der Waals surface area contributed by atoms with E-state index in [1.165, 1.54) is 12.1 Å². The molecule has 0 spiro atoms. The van der Waals surface area contributed by atoms with Crippen molar-refractivity contribution < 1.29 is 13.2 Å². The van der Waals surface area contributed by atoms with Gasteiger partial charge in [0.25, 0.3) is 5.91 Å². The van der Waals surface area contributed by atoms with E-state index in [4.69, 9.17) is 0 Å². The van der Waals surface area contributed by atoms with Gasteiger partial charge in [-0.2, -0.15) is 0 Å². The fraction of sp³-hybridized carbons (Fsp3) is 0.208. The summed E-state index contributed by atoms with van der Waals surface area (Å²) >= 11 is 0. The molecule has 156 valence electrons. The second kappa shape index (κ2) is 8.81. The zero-order valence-electron chi connectivity index (χ0n) is 17.3. The van der Waals surface area contributed by atoms with E-state index in [1.54, 1.807) is 19.9 Å². The van der Waals surface area contributed by atoms with E-state index >= 15 is 0 Å². The second-order valence-corrected chi connectivity index (χ2v) is 9.06. The normalized spacial score (nSPS) is 11.8. The Morgan fingerprint density at radius 1 is 0.900 bits per heavy atom. The second-order valence-electron chi connectivity index (χ2n) is 7.29. The van der Waals surface area contributed by atoms with Gasteiger partial charge in [0.05, 0.1) is 10.4 Å². The Hall–Kier alpha value is -2.96. The van der Waals surface area contributed by atoms with Crippen LogP contribution in [-0.4, -0.2) is 20.9 Å². The summed E-state index contributed by atoms with van der Waals surface area (Å²) in [6.07, 6.45) is 0. The first kappa shape index (κ1) is 21.7. The van der Waals surface area contributed by atoms with E-state index in [0.717, 1.165) is 11.1 Å². The first-order valence-electron chi connectivity index (χ1n) is 9.82. The van der Waals surface area contributed by atoms with Crippen LogP contribution in [0.4, 0.5) is 0 Å². The molecule has 0 bridgehead atoms. The lowest BCUT2D eigenvalue weighted by molar-refractivity contribution is 0.0918. The predicted molar refractivity (Wildman–Crippen MR) is 119 cm³/mol. The number of carbonyl (C=O) groups is 1. The Morgan fingerprint density at radius 2 is 1.43 bits per heavy atom. The van der Waals surface area contributed by atoms with Crippen LogP contribution in [0, 0.1) is 6.92 Å². The minimum absolute atomic E-state index is 0.0706. The minimum atomic E-state index is -3.66. The molecule has 0 unspecified atom stereocenters. The molecule has 30 heavy (non-hydrogen) atoms. The third-order valence-electron chi connectivity index (χ3n) is 5.16. The molecule has 0 aliphatic rings. The summed E-state index contributed by atoms with van der Waals surface area (Å²) in [6, 6.07) is 24.0. The fourth-order valence-electron chi connectivity index (χ4n) is 3.43. The fourth-order valence-corrected chi connectivity index (χ4v) is 4.50. The molecule has 3 rings (SSSR count). The van der Waals surface area contributed by atoms with Crippen molar-refractivity contribution >= 4 is 15.9 Å². The molecule has 0 saturated carbocycles. The van der Waals surface area contributed by atoms with Crippen LogP contribution in [0.25, 0.3) is 0 Å². The van der Waals surface area contributed by atoms with Crippen LogP contribution in [0.3, 0.4) is 0 Å². The van der Waals surface area contributed by atoms with E-state index in [0.29, 0.717) is 11.1 Å². The van der Waals surface area contributed by atoms with Crippen molar-refractivity contribution in [3.8, 4) is 0 Å². The topological polar surface area (TPSA) is 75.3 Å². The van der Waals surface area contributed by atoms with Crippen LogP contribution in [0.1, 0.15) is 40.9 Å². The molecule has 0 heterocycles. The van der Waals surface area contributed by atoms with Crippen molar-refractivity contribution in [2.75, 3.05) is 6.54 Å². The average molecular weight is 423 g/mol. The molecule has 5 nitrogen and oxygen atoms in total. The molecule has 0 aliphatic carbocycles. The van der Waals surface area contributed by atoms with Gasteiger partial charge in [0.1, 0.15) is 0 Å². The lowest BCUT2D eigenvalue weighted by Crippen LogP contribution is -2.44. The first-order valence-corrected chi connectivity index (χ1v) is 11.3. The van der Waals surface area contributed by atoms with Crippen LogP contribution < -0.4 is 10.0 Å². The molecule has 1 amide bonds. The molecule has 3 aromatic carbocycles. The molecular weight excluding hydrogens is 396 g/mol. The molecule has 3 aromatic rings. The van der Waals surface area contributed by atoms with Gasteiger partial charge in [-0.1, -0.05) is 73.7 Å². The third kappa shape index (κ3) is 4.45. The Balaban J connectivity index is 2.04. The lowest BCUT2D eigenvalue weighted by atomic mass is 9.84. The number of sulfonamides is 1. The van der Waals surface area contributed by atoms with Crippen LogP contribution in [-0.2, 0) is 15.6 Å². The summed E-state index contributed by atoms with van der Waals surface area (Å²) in [5.41, 5.74) is 2.10. The Kier molecular flexibility index (Phi) is 6.39. The number of rotatable bonds is 7. The van der Waals surface area contributed by atoms with Gasteiger partial charge in [-0.05, 0) is 42.7 Å².